The third-order valence-electron chi connectivity index (χ3n) is 2.19. The molecule has 3 heteroatoms. The highest BCUT2D eigenvalue weighted by Gasteiger charge is 1.91. The van der Waals surface area contributed by atoms with Crippen molar-refractivity contribution in [3.63, 3.8) is 0 Å². The second-order valence-corrected chi connectivity index (χ2v) is 3.54. The molecular formula is C15H12N2O. The van der Waals surface area contributed by atoms with Gasteiger partial charge in [0, 0.05) is 29.1 Å². The smallest absolute Gasteiger partial charge is 0.106 e. The van der Waals surface area contributed by atoms with Gasteiger partial charge in [0.2, 0.25) is 0 Å². The minimum atomic E-state index is 0.846. The zero-order valence-corrected chi connectivity index (χ0v) is 10.00. The number of aromatic nitrogens is 1. The van der Waals surface area contributed by atoms with Crippen LogP contribution in [0.2, 0.25) is 0 Å². The summed E-state index contributed by atoms with van der Waals surface area (Å²) in [7, 11) is 1.50. The van der Waals surface area contributed by atoms with Crippen LogP contribution in [0.1, 0.15) is 16.7 Å². The molecule has 0 saturated carbocycles. The summed E-state index contributed by atoms with van der Waals surface area (Å²) in [6, 6.07) is 11.7. The molecule has 2 aromatic rings. The lowest BCUT2D eigenvalue weighted by Crippen LogP contribution is -1.86. The first kappa shape index (κ1) is 11.9. The number of pyridine rings is 1. The van der Waals surface area contributed by atoms with Crippen molar-refractivity contribution >= 4 is 6.21 Å². The average Bonchev–Trinajstić information content (AvgIpc) is 2.44. The Morgan fingerprint density at radius 1 is 1.11 bits per heavy atom. The number of nitrogens with zero attached hydrogens (tertiary/aromatic N) is 2. The molecule has 0 amide bonds. The van der Waals surface area contributed by atoms with E-state index in [2.05, 4.69) is 26.8 Å². The fraction of sp³-hybridized carbons (Fsp3) is 0.0667. The van der Waals surface area contributed by atoms with Gasteiger partial charge in [0.25, 0.3) is 0 Å². The molecule has 2 rings (SSSR count). The Morgan fingerprint density at radius 3 is 2.67 bits per heavy atom. The first-order valence-electron chi connectivity index (χ1n) is 5.47. The topological polar surface area (TPSA) is 34.5 Å². The van der Waals surface area contributed by atoms with Gasteiger partial charge in [-0.1, -0.05) is 35.2 Å². The van der Waals surface area contributed by atoms with Crippen molar-refractivity contribution in [2.75, 3.05) is 7.11 Å². The molecule has 0 aliphatic rings. The highest BCUT2D eigenvalue weighted by Crippen LogP contribution is 2.01. The molecule has 18 heavy (non-hydrogen) atoms. The van der Waals surface area contributed by atoms with Crippen LogP contribution in [0.5, 0.6) is 0 Å². The van der Waals surface area contributed by atoms with E-state index in [1.54, 1.807) is 18.6 Å². The van der Waals surface area contributed by atoms with Gasteiger partial charge in [-0.2, -0.15) is 0 Å². The van der Waals surface area contributed by atoms with Crippen LogP contribution in [-0.2, 0) is 4.84 Å². The van der Waals surface area contributed by atoms with Crippen LogP contribution in [0.25, 0.3) is 0 Å². The summed E-state index contributed by atoms with van der Waals surface area (Å²) >= 11 is 0. The molecule has 1 aromatic carbocycles. The van der Waals surface area contributed by atoms with Crippen molar-refractivity contribution in [2.45, 2.75) is 0 Å². The van der Waals surface area contributed by atoms with Gasteiger partial charge < -0.3 is 4.84 Å². The molecule has 0 spiro atoms. The average molecular weight is 236 g/mol. The number of oxime groups is 1. The van der Waals surface area contributed by atoms with Gasteiger partial charge in [-0.3, -0.25) is 4.98 Å². The Hall–Kier alpha value is -2.60. The summed E-state index contributed by atoms with van der Waals surface area (Å²) in [4.78, 5) is 8.72. The van der Waals surface area contributed by atoms with E-state index < -0.39 is 0 Å². The lowest BCUT2D eigenvalue weighted by Gasteiger charge is -1.93. The normalized spacial score (nSPS) is 9.83. The number of rotatable bonds is 2. The van der Waals surface area contributed by atoms with Gasteiger partial charge in [-0.05, 0) is 18.2 Å². The molecule has 1 aromatic heterocycles. The Balaban J connectivity index is 2.20. The maximum Gasteiger partial charge on any atom is 0.106 e. The van der Waals surface area contributed by atoms with Crippen molar-refractivity contribution in [1.82, 2.24) is 4.98 Å². The highest BCUT2D eigenvalue weighted by molar-refractivity contribution is 5.79. The lowest BCUT2D eigenvalue weighted by atomic mass is 10.2. The van der Waals surface area contributed by atoms with E-state index in [-0.39, 0.29) is 0 Å². The van der Waals surface area contributed by atoms with Crippen molar-refractivity contribution < 1.29 is 4.84 Å². The van der Waals surface area contributed by atoms with Crippen LogP contribution in [0.4, 0.5) is 0 Å². The largest absolute Gasteiger partial charge is 0.399 e. The molecule has 0 radical (unpaired) electrons. The zero-order valence-electron chi connectivity index (χ0n) is 10.00. The molecule has 0 atom stereocenters. The third-order valence-corrected chi connectivity index (χ3v) is 2.19. The van der Waals surface area contributed by atoms with Crippen molar-refractivity contribution in [3.8, 4) is 11.8 Å². The predicted molar refractivity (Wildman–Crippen MR) is 71.3 cm³/mol. The summed E-state index contributed by atoms with van der Waals surface area (Å²) in [5.41, 5.74) is 2.68. The molecule has 0 aliphatic heterocycles. The maximum absolute atomic E-state index is 4.62. The van der Waals surface area contributed by atoms with Gasteiger partial charge in [0.05, 0.1) is 6.21 Å². The van der Waals surface area contributed by atoms with E-state index in [9.17, 15) is 0 Å². The number of benzene rings is 1. The van der Waals surface area contributed by atoms with Gasteiger partial charge in [0.15, 0.2) is 0 Å². The molecule has 3 nitrogen and oxygen atoms in total. The second-order valence-electron chi connectivity index (χ2n) is 3.54. The standard InChI is InChI=1S/C15H12N2O/c1-18-17-12-15-9-14(10-16-11-15)8-7-13-5-3-2-4-6-13/h2-6,9-12H,1H3/b17-12+. The van der Waals surface area contributed by atoms with Crippen molar-refractivity contribution in [1.29, 1.82) is 0 Å². The molecule has 88 valence electrons. The maximum atomic E-state index is 4.62. The van der Waals surface area contributed by atoms with E-state index in [1.807, 2.05) is 36.4 Å². The summed E-state index contributed by atoms with van der Waals surface area (Å²) in [6.07, 6.45) is 5.02. The van der Waals surface area contributed by atoms with Crippen LogP contribution < -0.4 is 0 Å². The van der Waals surface area contributed by atoms with Gasteiger partial charge in [-0.15, -0.1) is 0 Å². The van der Waals surface area contributed by atoms with E-state index >= 15 is 0 Å². The molecule has 0 unspecified atom stereocenters. The van der Waals surface area contributed by atoms with Crippen LogP contribution in [0.15, 0.2) is 53.9 Å². The van der Waals surface area contributed by atoms with Gasteiger partial charge in [-0.25, -0.2) is 0 Å². The fourth-order valence-electron chi connectivity index (χ4n) is 1.38. The second kappa shape index (κ2) is 6.21. The molecule has 0 bridgehead atoms. The van der Waals surface area contributed by atoms with Gasteiger partial charge >= 0.3 is 0 Å². The van der Waals surface area contributed by atoms with Crippen molar-refractivity contribution in [2.24, 2.45) is 5.16 Å². The van der Waals surface area contributed by atoms with E-state index in [0.717, 1.165) is 16.7 Å². The first-order valence-corrected chi connectivity index (χ1v) is 5.47. The van der Waals surface area contributed by atoms with Crippen LogP contribution in [0.3, 0.4) is 0 Å². The SMILES string of the molecule is CO/N=C/c1cncc(C#Cc2ccccc2)c1. The predicted octanol–water partition coefficient (Wildman–Crippen LogP) is 2.46. The highest BCUT2D eigenvalue weighted by atomic mass is 16.6. The minimum absolute atomic E-state index is 0.846. The Labute approximate surface area is 106 Å². The molecule has 0 N–H and O–H groups in total. The third kappa shape index (κ3) is 3.46. The summed E-state index contributed by atoms with van der Waals surface area (Å²) in [5.74, 6) is 6.14. The Morgan fingerprint density at radius 2 is 1.89 bits per heavy atom. The molecular weight excluding hydrogens is 224 g/mol. The first-order chi connectivity index (χ1) is 8.88. The number of hydrogen-bond acceptors (Lipinski definition) is 3. The summed E-state index contributed by atoms with van der Waals surface area (Å²) in [6.45, 7) is 0. The van der Waals surface area contributed by atoms with E-state index in [1.165, 1.54) is 7.11 Å². The molecule has 0 saturated heterocycles. The lowest BCUT2D eigenvalue weighted by molar-refractivity contribution is 0.215. The Kier molecular flexibility index (Phi) is 4.10. The summed E-state index contributed by atoms with van der Waals surface area (Å²) < 4.78 is 0. The van der Waals surface area contributed by atoms with Crippen molar-refractivity contribution in [3.05, 3.63) is 65.5 Å². The Bertz CT molecular complexity index is 595. The zero-order chi connectivity index (χ0) is 12.6. The van der Waals surface area contributed by atoms with E-state index in [4.69, 9.17) is 0 Å². The minimum Gasteiger partial charge on any atom is -0.399 e. The molecule has 0 aliphatic carbocycles. The fourth-order valence-corrected chi connectivity index (χ4v) is 1.38. The van der Waals surface area contributed by atoms with Crippen LogP contribution in [-0.4, -0.2) is 18.3 Å². The van der Waals surface area contributed by atoms with Crippen LogP contribution in [0, 0.1) is 11.8 Å². The summed E-state index contributed by atoms with van der Waals surface area (Å²) in [5, 5.41) is 3.69. The quantitative estimate of drug-likeness (QED) is 0.456. The van der Waals surface area contributed by atoms with Crippen LogP contribution >= 0.6 is 0 Å². The number of hydrogen-bond donors (Lipinski definition) is 0. The van der Waals surface area contributed by atoms with E-state index in [0.29, 0.717) is 0 Å². The van der Waals surface area contributed by atoms with Gasteiger partial charge in [0.1, 0.15) is 7.11 Å². The molecule has 1 heterocycles. The molecule has 0 fully saturated rings. The monoisotopic (exact) mass is 236 g/mol.